The molecule has 0 aliphatic heterocycles. The summed E-state index contributed by atoms with van der Waals surface area (Å²) in [4.78, 5) is 0. The van der Waals surface area contributed by atoms with Crippen LogP contribution in [0.25, 0.3) is 0 Å². The van der Waals surface area contributed by atoms with Gasteiger partial charge < -0.3 is 10.1 Å². The van der Waals surface area contributed by atoms with Crippen LogP contribution in [0.3, 0.4) is 0 Å². The molecule has 1 atom stereocenters. The van der Waals surface area contributed by atoms with E-state index < -0.39 is 0 Å². The molecule has 0 spiro atoms. The first-order valence-corrected chi connectivity index (χ1v) is 9.13. The van der Waals surface area contributed by atoms with E-state index in [-0.39, 0.29) is 0 Å². The highest BCUT2D eigenvalue weighted by Gasteiger charge is 2.08. The maximum Gasteiger partial charge on any atom is 0.124 e. The first kappa shape index (κ1) is 18.6. The summed E-state index contributed by atoms with van der Waals surface area (Å²) in [6.45, 7) is 5.56. The molecular weight excluding hydrogens is 397 g/mol. The molecule has 0 unspecified atom stereocenters. The van der Waals surface area contributed by atoms with Crippen LogP contribution in [0.5, 0.6) is 5.75 Å². The first-order valence-electron chi connectivity index (χ1n) is 7.58. The zero-order chi connectivity index (χ0) is 16.8. The third kappa shape index (κ3) is 5.68. The van der Waals surface area contributed by atoms with Gasteiger partial charge in [0, 0.05) is 22.6 Å². The number of nitrogens with one attached hydrogen (secondary N) is 1. The van der Waals surface area contributed by atoms with Gasteiger partial charge in [-0.2, -0.15) is 0 Å². The van der Waals surface area contributed by atoms with Gasteiger partial charge >= 0.3 is 0 Å². The second-order valence-corrected chi connectivity index (χ2v) is 7.21. The Labute approximate surface area is 156 Å². The molecule has 0 aliphatic carbocycles. The van der Waals surface area contributed by atoms with Crippen molar-refractivity contribution in [3.63, 3.8) is 0 Å². The number of ether oxygens (including phenoxy) is 1. The van der Waals surface area contributed by atoms with Crippen molar-refractivity contribution in [1.29, 1.82) is 0 Å². The van der Waals surface area contributed by atoms with Crippen molar-refractivity contribution in [2.45, 2.75) is 39.5 Å². The van der Waals surface area contributed by atoms with Crippen LogP contribution in [-0.4, -0.2) is 6.04 Å². The lowest BCUT2D eigenvalue weighted by molar-refractivity contribution is 0.301. The van der Waals surface area contributed by atoms with Gasteiger partial charge in [0.05, 0.1) is 10.0 Å². The van der Waals surface area contributed by atoms with Crippen LogP contribution in [0.4, 0.5) is 0 Å². The summed E-state index contributed by atoms with van der Waals surface area (Å²) in [6.07, 6.45) is 1.09. The molecule has 0 saturated carbocycles. The highest BCUT2D eigenvalue weighted by Crippen LogP contribution is 2.26. The van der Waals surface area contributed by atoms with Crippen LogP contribution in [-0.2, 0) is 13.2 Å². The molecule has 0 radical (unpaired) electrons. The van der Waals surface area contributed by atoms with Crippen LogP contribution >= 0.6 is 39.1 Å². The van der Waals surface area contributed by atoms with Gasteiger partial charge in [-0.05, 0) is 49.2 Å². The quantitative estimate of drug-likeness (QED) is 0.578. The molecule has 1 N–H and O–H groups in total. The summed E-state index contributed by atoms with van der Waals surface area (Å²) in [7, 11) is 0. The average Bonchev–Trinajstić information content (AvgIpc) is 2.54. The fourth-order valence-corrected chi connectivity index (χ4v) is 2.78. The Bertz CT molecular complexity index is 663. The minimum Gasteiger partial charge on any atom is -0.489 e. The third-order valence-corrected chi connectivity index (χ3v) is 4.89. The van der Waals surface area contributed by atoms with E-state index in [9.17, 15) is 0 Å². The van der Waals surface area contributed by atoms with Crippen molar-refractivity contribution in [2.24, 2.45) is 0 Å². The van der Waals surface area contributed by atoms with Crippen molar-refractivity contribution < 1.29 is 4.74 Å². The number of rotatable bonds is 7. The predicted octanol–water partition coefficient (Wildman–Crippen LogP) is 6.22. The minimum atomic E-state index is 0.453. The Balaban J connectivity index is 2.07. The molecule has 23 heavy (non-hydrogen) atoms. The van der Waals surface area contributed by atoms with E-state index in [1.807, 2.05) is 24.3 Å². The molecule has 2 rings (SSSR count). The molecule has 2 aromatic carbocycles. The predicted molar refractivity (Wildman–Crippen MR) is 102 cm³/mol. The summed E-state index contributed by atoms with van der Waals surface area (Å²) in [5, 5.41) is 4.59. The van der Waals surface area contributed by atoms with Crippen LogP contribution in [0.15, 0.2) is 40.9 Å². The summed E-state index contributed by atoms with van der Waals surface area (Å²) in [6, 6.07) is 12.1. The van der Waals surface area contributed by atoms with Gasteiger partial charge in [0.15, 0.2) is 0 Å². The molecule has 5 heteroatoms. The van der Waals surface area contributed by atoms with Gasteiger partial charge in [-0.15, -0.1) is 0 Å². The molecule has 0 heterocycles. The van der Waals surface area contributed by atoms with Crippen molar-refractivity contribution in [1.82, 2.24) is 5.32 Å². The van der Waals surface area contributed by atoms with Gasteiger partial charge in [0.1, 0.15) is 12.4 Å². The van der Waals surface area contributed by atoms with E-state index in [1.54, 1.807) is 6.07 Å². The molecule has 0 aliphatic rings. The molecule has 0 bridgehead atoms. The lowest BCUT2D eigenvalue weighted by Gasteiger charge is -2.16. The zero-order valence-corrected chi connectivity index (χ0v) is 16.3. The van der Waals surface area contributed by atoms with E-state index in [0.29, 0.717) is 22.7 Å². The summed E-state index contributed by atoms with van der Waals surface area (Å²) >= 11 is 15.5. The molecule has 124 valence electrons. The van der Waals surface area contributed by atoms with E-state index in [1.165, 1.54) is 0 Å². The van der Waals surface area contributed by atoms with Crippen LogP contribution in [0, 0.1) is 0 Å². The van der Waals surface area contributed by atoms with Crippen LogP contribution < -0.4 is 10.1 Å². The van der Waals surface area contributed by atoms with Gasteiger partial charge in [0.25, 0.3) is 0 Å². The SMILES string of the molecule is CC[C@@H](C)NCc1cc(Br)ccc1OCc1ccc(Cl)c(Cl)c1. The van der Waals surface area contributed by atoms with Crippen molar-refractivity contribution in [2.75, 3.05) is 0 Å². The number of benzene rings is 2. The van der Waals surface area contributed by atoms with Gasteiger partial charge in [-0.3, -0.25) is 0 Å². The standard InChI is InChI=1S/C18H20BrCl2NO/c1-3-12(2)22-10-14-9-15(19)5-7-18(14)23-11-13-4-6-16(20)17(21)8-13/h4-9,12,22H,3,10-11H2,1-2H3/t12-/m1/s1. The minimum absolute atomic E-state index is 0.453. The number of halogens is 3. The molecule has 2 nitrogen and oxygen atoms in total. The monoisotopic (exact) mass is 415 g/mol. The van der Waals surface area contributed by atoms with Crippen LogP contribution in [0.2, 0.25) is 10.0 Å². The Hall–Kier alpha value is -0.740. The smallest absolute Gasteiger partial charge is 0.124 e. The molecule has 0 saturated heterocycles. The fourth-order valence-electron chi connectivity index (χ4n) is 2.05. The summed E-state index contributed by atoms with van der Waals surface area (Å²) in [5.74, 6) is 0.870. The van der Waals surface area contributed by atoms with Gasteiger partial charge in [-0.1, -0.05) is 52.1 Å². The maximum absolute atomic E-state index is 6.04. The average molecular weight is 417 g/mol. The highest BCUT2D eigenvalue weighted by molar-refractivity contribution is 9.10. The number of hydrogen-bond donors (Lipinski definition) is 1. The molecule has 0 amide bonds. The lowest BCUT2D eigenvalue weighted by atomic mass is 10.1. The largest absolute Gasteiger partial charge is 0.489 e. The third-order valence-electron chi connectivity index (χ3n) is 3.65. The molecule has 2 aromatic rings. The van der Waals surface area contributed by atoms with Crippen molar-refractivity contribution >= 4 is 39.1 Å². The van der Waals surface area contributed by atoms with Gasteiger partial charge in [0.2, 0.25) is 0 Å². The normalized spacial score (nSPS) is 12.2. The Morgan fingerprint density at radius 1 is 1.13 bits per heavy atom. The zero-order valence-electron chi connectivity index (χ0n) is 13.2. The second-order valence-electron chi connectivity index (χ2n) is 5.48. The Kier molecular flexibility index (Phi) is 7.22. The van der Waals surface area contributed by atoms with Crippen molar-refractivity contribution in [3.05, 3.63) is 62.0 Å². The second kappa shape index (κ2) is 8.93. The molecule has 0 aromatic heterocycles. The fraction of sp³-hybridized carbons (Fsp3) is 0.333. The van der Waals surface area contributed by atoms with E-state index >= 15 is 0 Å². The Morgan fingerprint density at radius 2 is 1.91 bits per heavy atom. The van der Waals surface area contributed by atoms with E-state index in [4.69, 9.17) is 27.9 Å². The van der Waals surface area contributed by atoms with Crippen molar-refractivity contribution in [3.8, 4) is 5.75 Å². The molecule has 0 fully saturated rings. The maximum atomic E-state index is 6.04. The number of hydrogen-bond acceptors (Lipinski definition) is 2. The molecular formula is C18H20BrCl2NO. The van der Waals surface area contributed by atoms with E-state index in [2.05, 4.69) is 41.2 Å². The highest BCUT2D eigenvalue weighted by atomic mass is 79.9. The summed E-state index contributed by atoms with van der Waals surface area (Å²) < 4.78 is 7.02. The topological polar surface area (TPSA) is 21.3 Å². The van der Waals surface area contributed by atoms with Crippen LogP contribution in [0.1, 0.15) is 31.4 Å². The Morgan fingerprint density at radius 3 is 2.61 bits per heavy atom. The first-order chi connectivity index (χ1) is 11.0. The van der Waals surface area contributed by atoms with Gasteiger partial charge in [-0.25, -0.2) is 0 Å². The van der Waals surface area contributed by atoms with E-state index in [0.717, 1.165) is 34.3 Å². The lowest BCUT2D eigenvalue weighted by Crippen LogP contribution is -2.24. The summed E-state index contributed by atoms with van der Waals surface area (Å²) in [5.41, 5.74) is 2.11.